The largest absolute Gasteiger partial charge is 0.364 e. The number of rotatable bonds is 1. The molecule has 1 aromatic carbocycles. The number of nitrogens with zero attached hydrogens (tertiary/aromatic N) is 4. The molecule has 0 saturated heterocycles. The van der Waals surface area contributed by atoms with E-state index >= 15 is 0 Å². The topological polar surface area (TPSA) is 64.2 Å². The highest BCUT2D eigenvalue weighted by Crippen LogP contribution is 2.42. The number of para-hydroxylation sites is 1. The number of benzene rings is 1. The van der Waals surface area contributed by atoms with Crippen LogP contribution in [0.2, 0.25) is 0 Å². The van der Waals surface area contributed by atoms with Crippen molar-refractivity contribution in [3.8, 4) is 11.3 Å². The summed E-state index contributed by atoms with van der Waals surface area (Å²) >= 11 is 0. The second-order valence-corrected chi connectivity index (χ2v) is 4.17. The van der Waals surface area contributed by atoms with Gasteiger partial charge in [-0.1, -0.05) is 12.1 Å². The summed E-state index contributed by atoms with van der Waals surface area (Å²) in [5.74, 6) is 0. The maximum atomic E-state index is 11.2. The number of aryl methyl sites for hydroxylation is 1. The molecule has 0 amide bonds. The van der Waals surface area contributed by atoms with E-state index in [9.17, 15) is 10.1 Å². The molecule has 0 N–H and O–H groups in total. The number of nitro benzene ring substituents is 1. The summed E-state index contributed by atoms with van der Waals surface area (Å²) in [4.78, 5) is 12.0. The molecule has 1 aliphatic heterocycles. The molecule has 0 fully saturated rings. The summed E-state index contributed by atoms with van der Waals surface area (Å²) in [6.07, 6.45) is 1.60. The first kappa shape index (κ1) is 8.68. The molecule has 6 nitrogen and oxygen atoms in total. The Hall–Kier alpha value is -2.37. The van der Waals surface area contributed by atoms with Crippen LogP contribution in [0.15, 0.2) is 24.4 Å². The van der Waals surface area contributed by atoms with Crippen LogP contribution in [0.5, 0.6) is 0 Å². The van der Waals surface area contributed by atoms with Crippen LogP contribution in [0.3, 0.4) is 0 Å². The number of aromatic nitrogens is 2. The van der Waals surface area contributed by atoms with Crippen molar-refractivity contribution in [3.05, 3.63) is 40.1 Å². The minimum atomic E-state index is -1.84. The van der Waals surface area contributed by atoms with Gasteiger partial charge < -0.3 is 4.90 Å². The summed E-state index contributed by atoms with van der Waals surface area (Å²) in [6, 6.07) is 4.68. The molecule has 0 aliphatic carbocycles. The first-order valence-electron chi connectivity index (χ1n) is 6.39. The van der Waals surface area contributed by atoms with Crippen LogP contribution in [0.25, 0.3) is 11.3 Å². The molecule has 0 spiro atoms. The standard InChI is InChI=1S/C12H12N4O2/c1-14-6-8-7-15(2)13-11(8)9-4-3-5-10(12(9)14)16(17)18/h3-5,7H,6H2,1-2H3/i6D2. The molecular formula is C12H12N4O2. The van der Waals surface area contributed by atoms with Gasteiger partial charge in [-0.15, -0.1) is 0 Å². The predicted molar refractivity (Wildman–Crippen MR) is 67.4 cm³/mol. The zero-order valence-corrected chi connectivity index (χ0v) is 9.91. The van der Waals surface area contributed by atoms with Gasteiger partial charge in [0.1, 0.15) is 5.69 Å². The number of hydrogen-bond acceptors (Lipinski definition) is 4. The van der Waals surface area contributed by atoms with E-state index < -0.39 is 11.4 Å². The third kappa shape index (κ3) is 1.38. The highest BCUT2D eigenvalue weighted by Gasteiger charge is 2.29. The average molecular weight is 246 g/mol. The second kappa shape index (κ2) is 3.56. The Labute approximate surface area is 106 Å². The summed E-state index contributed by atoms with van der Waals surface area (Å²) in [6.45, 7) is -1.84. The molecule has 18 heavy (non-hydrogen) atoms. The number of nitro groups is 1. The molecule has 0 bridgehead atoms. The lowest BCUT2D eigenvalue weighted by atomic mass is 9.99. The normalized spacial score (nSPS) is 17.6. The monoisotopic (exact) mass is 246 g/mol. The lowest BCUT2D eigenvalue weighted by Crippen LogP contribution is -2.22. The maximum absolute atomic E-state index is 11.2. The van der Waals surface area contributed by atoms with E-state index in [0.29, 0.717) is 16.8 Å². The lowest BCUT2D eigenvalue weighted by molar-refractivity contribution is -0.384. The van der Waals surface area contributed by atoms with Gasteiger partial charge in [0.05, 0.1) is 13.4 Å². The van der Waals surface area contributed by atoms with Crippen molar-refractivity contribution in [3.63, 3.8) is 0 Å². The molecule has 6 heteroatoms. The third-order valence-corrected chi connectivity index (χ3v) is 2.92. The molecule has 2 aromatic rings. The second-order valence-electron chi connectivity index (χ2n) is 4.17. The fraction of sp³-hybridized carbons (Fsp3) is 0.250. The zero-order valence-electron chi connectivity index (χ0n) is 11.9. The van der Waals surface area contributed by atoms with Gasteiger partial charge >= 0.3 is 0 Å². The predicted octanol–water partition coefficient (Wildman–Crippen LogP) is 1.95. The first-order chi connectivity index (χ1) is 9.34. The van der Waals surface area contributed by atoms with Crippen LogP contribution in [0, 0.1) is 10.1 Å². The van der Waals surface area contributed by atoms with Crippen molar-refractivity contribution in [2.24, 2.45) is 7.05 Å². The van der Waals surface area contributed by atoms with E-state index in [1.165, 1.54) is 22.7 Å². The van der Waals surface area contributed by atoms with Gasteiger partial charge in [-0.25, -0.2) is 0 Å². The highest BCUT2D eigenvalue weighted by molar-refractivity contribution is 5.87. The quantitative estimate of drug-likeness (QED) is 0.570. The molecule has 0 unspecified atom stereocenters. The Morgan fingerprint density at radius 2 is 2.28 bits per heavy atom. The van der Waals surface area contributed by atoms with Crippen molar-refractivity contribution in [2.75, 3.05) is 11.9 Å². The van der Waals surface area contributed by atoms with Crippen molar-refractivity contribution in [1.82, 2.24) is 9.78 Å². The molecule has 1 aliphatic rings. The molecule has 0 atom stereocenters. The number of anilines is 1. The number of fused-ring (bicyclic) bond motifs is 3. The molecule has 2 heterocycles. The summed E-state index contributed by atoms with van der Waals surface area (Å²) < 4.78 is 17.9. The molecule has 0 radical (unpaired) electrons. The van der Waals surface area contributed by atoms with Crippen LogP contribution in [-0.2, 0) is 13.5 Å². The van der Waals surface area contributed by atoms with Crippen molar-refractivity contribution in [1.29, 1.82) is 0 Å². The van der Waals surface area contributed by atoms with E-state index in [1.54, 1.807) is 25.4 Å². The van der Waals surface area contributed by atoms with E-state index in [4.69, 9.17) is 2.74 Å². The Kier molecular flexibility index (Phi) is 1.72. The van der Waals surface area contributed by atoms with Crippen molar-refractivity contribution < 1.29 is 7.66 Å². The maximum Gasteiger partial charge on any atom is 0.293 e. The smallest absolute Gasteiger partial charge is 0.293 e. The van der Waals surface area contributed by atoms with E-state index in [2.05, 4.69) is 5.10 Å². The van der Waals surface area contributed by atoms with E-state index in [-0.39, 0.29) is 11.4 Å². The SMILES string of the molecule is [2H]C1([2H])c2cn(C)nc2-c2cccc([N+](=O)[O-])c2N1C. The Morgan fingerprint density at radius 3 is 3.00 bits per heavy atom. The van der Waals surface area contributed by atoms with Gasteiger partial charge in [0.15, 0.2) is 0 Å². The van der Waals surface area contributed by atoms with Crippen molar-refractivity contribution >= 4 is 11.4 Å². The van der Waals surface area contributed by atoms with Gasteiger partial charge in [-0.2, -0.15) is 5.10 Å². The molecular weight excluding hydrogens is 232 g/mol. The molecule has 1 aromatic heterocycles. The van der Waals surface area contributed by atoms with Gasteiger partial charge in [-0.05, 0) is 0 Å². The number of hydrogen-bond donors (Lipinski definition) is 0. The van der Waals surface area contributed by atoms with Gasteiger partial charge in [0.25, 0.3) is 5.69 Å². The molecule has 0 saturated carbocycles. The molecule has 3 rings (SSSR count). The Bertz CT molecular complexity index is 726. The summed E-state index contributed by atoms with van der Waals surface area (Å²) in [5.41, 5.74) is 1.58. The van der Waals surface area contributed by atoms with E-state index in [0.717, 1.165) is 0 Å². The van der Waals surface area contributed by atoms with Crippen LogP contribution in [-0.4, -0.2) is 21.8 Å². The third-order valence-electron chi connectivity index (χ3n) is 2.92. The lowest BCUT2D eigenvalue weighted by Gasteiger charge is -2.26. The van der Waals surface area contributed by atoms with Crippen LogP contribution in [0.1, 0.15) is 8.30 Å². The highest BCUT2D eigenvalue weighted by atomic mass is 16.6. The van der Waals surface area contributed by atoms with Crippen LogP contribution < -0.4 is 4.90 Å². The van der Waals surface area contributed by atoms with E-state index in [1.807, 2.05) is 0 Å². The average Bonchev–Trinajstić information content (AvgIpc) is 2.78. The minimum absolute atomic E-state index is 0.120. The summed E-state index contributed by atoms with van der Waals surface area (Å²) in [5, 5.41) is 15.4. The fourth-order valence-electron chi connectivity index (χ4n) is 2.23. The zero-order chi connectivity index (χ0) is 14.7. The fourth-order valence-corrected chi connectivity index (χ4v) is 2.23. The van der Waals surface area contributed by atoms with Crippen molar-refractivity contribution in [2.45, 2.75) is 6.50 Å². The molecule has 92 valence electrons. The minimum Gasteiger partial charge on any atom is -0.364 e. The van der Waals surface area contributed by atoms with Crippen LogP contribution >= 0.6 is 0 Å². The van der Waals surface area contributed by atoms with Gasteiger partial charge in [0.2, 0.25) is 0 Å². The van der Waals surface area contributed by atoms with Gasteiger partial charge in [-0.3, -0.25) is 14.8 Å². The first-order valence-corrected chi connectivity index (χ1v) is 5.39. The Balaban J connectivity index is 2.40. The summed E-state index contributed by atoms with van der Waals surface area (Å²) in [7, 11) is 3.22. The Morgan fingerprint density at radius 1 is 1.50 bits per heavy atom. The van der Waals surface area contributed by atoms with Gasteiger partial charge in [0, 0.05) is 44.0 Å². The van der Waals surface area contributed by atoms with Crippen LogP contribution in [0.4, 0.5) is 11.4 Å².